The minimum atomic E-state index is -1.05. The molecule has 6 heteroatoms. The predicted molar refractivity (Wildman–Crippen MR) is 119 cm³/mol. The van der Waals surface area contributed by atoms with Gasteiger partial charge in [-0.1, -0.05) is 12.1 Å². The van der Waals surface area contributed by atoms with Crippen LogP contribution in [0.2, 0.25) is 0 Å². The van der Waals surface area contributed by atoms with Crippen LogP contribution >= 0.6 is 11.8 Å². The van der Waals surface area contributed by atoms with E-state index in [9.17, 15) is 8.94 Å². The molecular formula is C23H27FN2OS2. The van der Waals surface area contributed by atoms with Gasteiger partial charge in [0.1, 0.15) is 11.6 Å². The SMILES string of the molecule is [O-][S+](CCCN1CC[C@H]2[C@@H](C1)c1cccc3c1N2CCCS3)c1ccc(F)cc1. The quantitative estimate of drug-likeness (QED) is 0.654. The van der Waals surface area contributed by atoms with Gasteiger partial charge in [-0.25, -0.2) is 4.39 Å². The lowest BCUT2D eigenvalue weighted by Crippen LogP contribution is -2.46. The summed E-state index contributed by atoms with van der Waals surface area (Å²) < 4.78 is 25.5. The van der Waals surface area contributed by atoms with Gasteiger partial charge in [-0.2, -0.15) is 0 Å². The second-order valence-corrected chi connectivity index (χ2v) is 10.9. The lowest BCUT2D eigenvalue weighted by atomic mass is 9.89. The molecule has 0 N–H and O–H groups in total. The molecule has 154 valence electrons. The van der Waals surface area contributed by atoms with Gasteiger partial charge in [-0.15, -0.1) is 11.8 Å². The van der Waals surface area contributed by atoms with Gasteiger partial charge < -0.3 is 14.4 Å². The number of hydrogen-bond acceptors (Lipinski definition) is 4. The molecule has 3 atom stereocenters. The summed E-state index contributed by atoms with van der Waals surface area (Å²) in [5.41, 5.74) is 3.06. The van der Waals surface area contributed by atoms with Gasteiger partial charge in [0, 0.05) is 49.5 Å². The van der Waals surface area contributed by atoms with E-state index in [1.807, 2.05) is 11.8 Å². The van der Waals surface area contributed by atoms with Gasteiger partial charge in [0.05, 0.1) is 5.69 Å². The van der Waals surface area contributed by atoms with Gasteiger partial charge in [-0.05, 0) is 65.7 Å². The van der Waals surface area contributed by atoms with Crippen LogP contribution in [0.1, 0.15) is 30.7 Å². The van der Waals surface area contributed by atoms with Crippen molar-refractivity contribution in [3.63, 3.8) is 0 Å². The summed E-state index contributed by atoms with van der Waals surface area (Å²) >= 11 is 0.971. The monoisotopic (exact) mass is 430 g/mol. The maximum atomic E-state index is 13.1. The highest BCUT2D eigenvalue weighted by Crippen LogP contribution is 2.50. The molecule has 3 aliphatic heterocycles. The number of hydrogen-bond donors (Lipinski definition) is 0. The molecule has 0 bridgehead atoms. The molecular weight excluding hydrogens is 403 g/mol. The van der Waals surface area contributed by atoms with E-state index in [1.54, 1.807) is 17.7 Å². The molecule has 0 saturated carbocycles. The van der Waals surface area contributed by atoms with Crippen molar-refractivity contribution in [2.75, 3.05) is 42.6 Å². The van der Waals surface area contributed by atoms with Crippen molar-refractivity contribution in [2.45, 2.75) is 41.0 Å². The molecule has 0 amide bonds. The molecule has 3 nitrogen and oxygen atoms in total. The molecule has 1 unspecified atom stereocenters. The Morgan fingerprint density at radius 1 is 1.14 bits per heavy atom. The molecule has 5 rings (SSSR count). The van der Waals surface area contributed by atoms with E-state index in [4.69, 9.17) is 0 Å². The Morgan fingerprint density at radius 3 is 2.86 bits per heavy atom. The van der Waals surface area contributed by atoms with Gasteiger partial charge in [-0.3, -0.25) is 0 Å². The van der Waals surface area contributed by atoms with Gasteiger partial charge in [0.15, 0.2) is 4.90 Å². The van der Waals surface area contributed by atoms with Crippen LogP contribution in [0.3, 0.4) is 0 Å². The van der Waals surface area contributed by atoms with Crippen molar-refractivity contribution in [1.82, 2.24) is 4.90 Å². The van der Waals surface area contributed by atoms with Crippen LogP contribution < -0.4 is 4.90 Å². The Kier molecular flexibility index (Phi) is 5.78. The molecule has 0 radical (unpaired) electrons. The van der Waals surface area contributed by atoms with E-state index in [1.165, 1.54) is 47.9 Å². The van der Waals surface area contributed by atoms with Crippen LogP contribution in [-0.2, 0) is 11.2 Å². The van der Waals surface area contributed by atoms with Crippen molar-refractivity contribution in [3.05, 3.63) is 53.8 Å². The van der Waals surface area contributed by atoms with Crippen LogP contribution in [-0.4, -0.2) is 53.2 Å². The first-order chi connectivity index (χ1) is 14.2. The Balaban J connectivity index is 1.21. The summed E-state index contributed by atoms with van der Waals surface area (Å²) in [7, 11) is 0. The zero-order valence-electron chi connectivity index (χ0n) is 16.6. The van der Waals surface area contributed by atoms with Crippen molar-refractivity contribution in [1.29, 1.82) is 0 Å². The van der Waals surface area contributed by atoms with Gasteiger partial charge in [0.25, 0.3) is 0 Å². The number of nitrogens with zero attached hydrogens (tertiary/aromatic N) is 2. The maximum absolute atomic E-state index is 13.1. The van der Waals surface area contributed by atoms with E-state index >= 15 is 0 Å². The third kappa shape index (κ3) is 3.92. The van der Waals surface area contributed by atoms with Crippen molar-refractivity contribution in [3.8, 4) is 0 Å². The van der Waals surface area contributed by atoms with Crippen molar-refractivity contribution >= 4 is 28.6 Å². The third-order valence-corrected chi connectivity index (χ3v) is 9.05. The number of para-hydroxylation sites is 1. The average Bonchev–Trinajstić information content (AvgIpc) is 2.89. The number of rotatable bonds is 5. The molecule has 0 aromatic heterocycles. The summed E-state index contributed by atoms with van der Waals surface area (Å²) in [4.78, 5) is 7.46. The van der Waals surface area contributed by atoms with Crippen LogP contribution in [0.5, 0.6) is 0 Å². The number of fused-ring (bicyclic) bond motifs is 3. The number of halogens is 1. The van der Waals surface area contributed by atoms with E-state index in [0.29, 0.717) is 17.7 Å². The number of piperidine rings is 1. The van der Waals surface area contributed by atoms with Crippen molar-refractivity contribution < 1.29 is 8.94 Å². The summed E-state index contributed by atoms with van der Waals surface area (Å²) in [6.07, 6.45) is 3.39. The standard InChI is InChI=1S/C23H27FN2OS2/c24-17-6-8-18(9-7-17)29(27)15-3-11-25-13-10-21-20(16-25)19-4-1-5-22-23(19)26(21)12-2-14-28-22/h1,4-9,20-21H,2-3,10-16H2/t20-,21-,29?/m0/s1. The Bertz CT molecular complexity index is 862. The van der Waals surface area contributed by atoms with E-state index in [2.05, 4.69) is 28.0 Å². The highest BCUT2D eigenvalue weighted by Gasteiger charge is 2.43. The summed E-state index contributed by atoms with van der Waals surface area (Å²) in [5, 5.41) is 0. The highest BCUT2D eigenvalue weighted by atomic mass is 32.2. The van der Waals surface area contributed by atoms with E-state index in [0.717, 1.165) is 31.0 Å². The lowest BCUT2D eigenvalue weighted by Gasteiger charge is -2.39. The smallest absolute Gasteiger partial charge is 0.152 e. The first kappa shape index (κ1) is 19.7. The summed E-state index contributed by atoms with van der Waals surface area (Å²) in [6, 6.07) is 13.6. The zero-order chi connectivity index (χ0) is 19.8. The molecule has 1 saturated heterocycles. The fourth-order valence-electron chi connectivity index (χ4n) is 5.14. The van der Waals surface area contributed by atoms with Crippen LogP contribution in [0.4, 0.5) is 10.1 Å². The minimum absolute atomic E-state index is 0.277. The zero-order valence-corrected chi connectivity index (χ0v) is 18.2. The second-order valence-electron chi connectivity index (χ2n) is 8.21. The molecule has 2 aromatic carbocycles. The summed E-state index contributed by atoms with van der Waals surface area (Å²) in [5.74, 6) is 2.18. The third-order valence-electron chi connectivity index (χ3n) is 6.46. The van der Waals surface area contributed by atoms with Crippen LogP contribution in [0.25, 0.3) is 0 Å². The molecule has 0 aliphatic carbocycles. The Morgan fingerprint density at radius 2 is 2.00 bits per heavy atom. The van der Waals surface area contributed by atoms with E-state index < -0.39 is 11.2 Å². The fraction of sp³-hybridized carbons (Fsp3) is 0.478. The van der Waals surface area contributed by atoms with Gasteiger partial charge in [0.2, 0.25) is 0 Å². The number of anilines is 1. The van der Waals surface area contributed by atoms with Gasteiger partial charge >= 0.3 is 0 Å². The van der Waals surface area contributed by atoms with Crippen molar-refractivity contribution in [2.24, 2.45) is 0 Å². The highest BCUT2D eigenvalue weighted by molar-refractivity contribution is 7.99. The Hall–Kier alpha value is -1.21. The molecule has 3 heterocycles. The van der Waals surface area contributed by atoms with Crippen LogP contribution in [0.15, 0.2) is 52.3 Å². The molecule has 0 spiro atoms. The molecule has 1 fully saturated rings. The lowest BCUT2D eigenvalue weighted by molar-refractivity contribution is 0.194. The minimum Gasteiger partial charge on any atom is -0.611 e. The largest absolute Gasteiger partial charge is 0.611 e. The first-order valence-corrected chi connectivity index (χ1v) is 12.9. The fourth-order valence-corrected chi connectivity index (χ4v) is 7.24. The molecule has 2 aromatic rings. The number of benzene rings is 2. The molecule has 3 aliphatic rings. The predicted octanol–water partition coefficient (Wildman–Crippen LogP) is 4.50. The average molecular weight is 431 g/mol. The number of thioether (sulfide) groups is 1. The second kappa shape index (κ2) is 8.50. The van der Waals surface area contributed by atoms with Crippen LogP contribution in [0, 0.1) is 5.82 Å². The Labute approximate surface area is 179 Å². The maximum Gasteiger partial charge on any atom is 0.152 e. The number of likely N-dealkylation sites (tertiary alicyclic amines) is 1. The normalized spacial score (nSPS) is 24.7. The summed E-state index contributed by atoms with van der Waals surface area (Å²) in [6.45, 7) is 4.40. The first-order valence-electron chi connectivity index (χ1n) is 10.6. The van der Waals surface area contributed by atoms with E-state index in [-0.39, 0.29) is 5.82 Å². The molecule has 29 heavy (non-hydrogen) atoms. The topological polar surface area (TPSA) is 29.5 Å².